The molecule has 0 aliphatic carbocycles. The second kappa shape index (κ2) is 13.1. The SMILES string of the molecule is CCC(N)=O.COC(C)(C)C.NCC=O. The second-order valence-corrected chi connectivity index (χ2v) is 3.54. The number of ether oxygens (including phenoxy) is 1. The first kappa shape index (κ1) is 19.6. The van der Waals surface area contributed by atoms with Gasteiger partial charge in [0.25, 0.3) is 0 Å². The maximum Gasteiger partial charge on any atom is 0.217 e. The molecule has 1 amide bonds. The molecule has 15 heavy (non-hydrogen) atoms. The molecule has 4 N–H and O–H groups in total. The molecule has 0 aromatic rings. The van der Waals surface area contributed by atoms with E-state index in [1.807, 2.05) is 20.8 Å². The first-order chi connectivity index (χ1) is 6.74. The van der Waals surface area contributed by atoms with Gasteiger partial charge in [-0.1, -0.05) is 6.92 Å². The van der Waals surface area contributed by atoms with Crippen molar-refractivity contribution in [2.75, 3.05) is 13.7 Å². The maximum absolute atomic E-state index is 9.59. The van der Waals surface area contributed by atoms with Gasteiger partial charge in [0.1, 0.15) is 6.29 Å². The average Bonchev–Trinajstić information content (AvgIpc) is 2.18. The minimum Gasteiger partial charge on any atom is -0.379 e. The summed E-state index contributed by atoms with van der Waals surface area (Å²) < 4.78 is 4.94. The number of carbonyl (C=O) groups is 2. The number of hydrogen-bond donors (Lipinski definition) is 2. The molecule has 0 bridgehead atoms. The Morgan fingerprint density at radius 3 is 1.60 bits per heavy atom. The van der Waals surface area contributed by atoms with Crippen LogP contribution in [0.2, 0.25) is 0 Å². The molecule has 0 unspecified atom stereocenters. The summed E-state index contributed by atoms with van der Waals surface area (Å²) in [5.74, 6) is -0.245. The molecule has 0 aromatic heterocycles. The van der Waals surface area contributed by atoms with E-state index in [0.717, 1.165) is 0 Å². The highest BCUT2D eigenvalue weighted by Gasteiger charge is 2.03. The van der Waals surface area contributed by atoms with Gasteiger partial charge in [0.2, 0.25) is 5.91 Å². The van der Waals surface area contributed by atoms with Crippen LogP contribution in [-0.4, -0.2) is 31.4 Å². The third kappa shape index (κ3) is 62.4. The quantitative estimate of drug-likeness (QED) is 0.661. The Kier molecular flexibility index (Phi) is 17.1. The van der Waals surface area contributed by atoms with Crippen molar-refractivity contribution in [3.05, 3.63) is 0 Å². The lowest BCUT2D eigenvalue weighted by Gasteiger charge is -2.14. The fourth-order valence-corrected chi connectivity index (χ4v) is 0. The van der Waals surface area contributed by atoms with Gasteiger partial charge in [-0.15, -0.1) is 0 Å². The smallest absolute Gasteiger partial charge is 0.217 e. The van der Waals surface area contributed by atoms with Gasteiger partial charge in [0.05, 0.1) is 5.60 Å². The molecule has 0 spiro atoms. The Morgan fingerprint density at radius 1 is 1.40 bits per heavy atom. The third-order valence-electron chi connectivity index (χ3n) is 1.06. The summed E-state index contributed by atoms with van der Waals surface area (Å²) in [4.78, 5) is 18.6. The highest BCUT2D eigenvalue weighted by atomic mass is 16.5. The fraction of sp³-hybridized carbons (Fsp3) is 0.800. The van der Waals surface area contributed by atoms with Crippen LogP contribution < -0.4 is 11.5 Å². The van der Waals surface area contributed by atoms with E-state index < -0.39 is 0 Å². The number of primary amides is 1. The van der Waals surface area contributed by atoms with E-state index in [4.69, 9.17) is 9.53 Å². The highest BCUT2D eigenvalue weighted by molar-refractivity contribution is 5.73. The van der Waals surface area contributed by atoms with E-state index >= 15 is 0 Å². The molecule has 5 heteroatoms. The molecule has 0 heterocycles. The van der Waals surface area contributed by atoms with Crippen LogP contribution in [0.25, 0.3) is 0 Å². The van der Waals surface area contributed by atoms with Crippen molar-refractivity contribution < 1.29 is 14.3 Å². The van der Waals surface area contributed by atoms with Crippen molar-refractivity contribution in [1.82, 2.24) is 0 Å². The zero-order valence-corrected chi connectivity index (χ0v) is 10.4. The molecule has 0 fully saturated rings. The lowest BCUT2D eigenvalue weighted by atomic mass is 10.2. The topological polar surface area (TPSA) is 95.4 Å². The van der Waals surface area contributed by atoms with Gasteiger partial charge in [0.15, 0.2) is 0 Å². The number of methoxy groups -OCH3 is 1. The Morgan fingerprint density at radius 2 is 1.60 bits per heavy atom. The summed E-state index contributed by atoms with van der Waals surface area (Å²) in [7, 11) is 1.71. The van der Waals surface area contributed by atoms with Crippen molar-refractivity contribution >= 4 is 12.2 Å². The lowest BCUT2D eigenvalue weighted by Crippen LogP contribution is -2.15. The zero-order valence-electron chi connectivity index (χ0n) is 10.4. The van der Waals surface area contributed by atoms with E-state index in [0.29, 0.717) is 12.7 Å². The summed E-state index contributed by atoms with van der Waals surface area (Å²) >= 11 is 0. The molecule has 5 nitrogen and oxygen atoms in total. The molecule has 0 radical (unpaired) electrons. The molecule has 0 aliphatic rings. The zero-order chi connectivity index (χ0) is 12.9. The van der Waals surface area contributed by atoms with Crippen LogP contribution in [0.3, 0.4) is 0 Å². The lowest BCUT2D eigenvalue weighted by molar-refractivity contribution is -0.117. The van der Waals surface area contributed by atoms with Gasteiger partial charge in [-0.25, -0.2) is 0 Å². The summed E-state index contributed by atoms with van der Waals surface area (Å²) in [6.07, 6.45) is 1.10. The third-order valence-corrected chi connectivity index (χ3v) is 1.06. The fourth-order valence-electron chi connectivity index (χ4n) is 0. The molecular formula is C10H24N2O3. The van der Waals surface area contributed by atoms with Crippen LogP contribution in [0.15, 0.2) is 0 Å². The molecule has 0 rings (SSSR count). The number of amides is 1. The Labute approximate surface area is 92.2 Å². The minimum absolute atomic E-state index is 0.0417. The van der Waals surface area contributed by atoms with Crippen molar-refractivity contribution in [2.24, 2.45) is 11.5 Å². The van der Waals surface area contributed by atoms with Gasteiger partial charge in [0, 0.05) is 20.1 Å². The van der Waals surface area contributed by atoms with Crippen LogP contribution in [0, 0.1) is 0 Å². The van der Waals surface area contributed by atoms with Crippen molar-refractivity contribution in [2.45, 2.75) is 39.7 Å². The van der Waals surface area contributed by atoms with E-state index in [-0.39, 0.29) is 18.1 Å². The first-order valence-electron chi connectivity index (χ1n) is 4.72. The van der Waals surface area contributed by atoms with Gasteiger partial charge in [-0.2, -0.15) is 0 Å². The molecular weight excluding hydrogens is 196 g/mol. The number of carbonyl (C=O) groups excluding carboxylic acids is 2. The van der Waals surface area contributed by atoms with Crippen LogP contribution in [0.5, 0.6) is 0 Å². The standard InChI is InChI=1S/C5H12O.C3H7NO.C2H5NO/c1-5(2,3)6-4;1-2-3(4)5;3-1-2-4/h1-4H3;2H2,1H3,(H2,4,5);2H,1,3H2. The monoisotopic (exact) mass is 220 g/mol. The predicted octanol–water partition coefficient (Wildman–Crippen LogP) is 0.457. The Hall–Kier alpha value is -0.940. The van der Waals surface area contributed by atoms with Gasteiger partial charge < -0.3 is 21.0 Å². The Balaban J connectivity index is -0.000000147. The molecule has 0 saturated heterocycles. The van der Waals surface area contributed by atoms with E-state index in [2.05, 4.69) is 11.5 Å². The van der Waals surface area contributed by atoms with Crippen LogP contribution in [0.1, 0.15) is 34.1 Å². The van der Waals surface area contributed by atoms with Crippen LogP contribution in [0.4, 0.5) is 0 Å². The van der Waals surface area contributed by atoms with Crippen molar-refractivity contribution in [3.63, 3.8) is 0 Å². The molecule has 0 atom stereocenters. The van der Waals surface area contributed by atoms with Gasteiger partial charge in [-0.05, 0) is 20.8 Å². The molecule has 0 aliphatic heterocycles. The van der Waals surface area contributed by atoms with Crippen molar-refractivity contribution in [1.29, 1.82) is 0 Å². The number of aldehydes is 1. The van der Waals surface area contributed by atoms with E-state index in [1.165, 1.54) is 0 Å². The maximum atomic E-state index is 9.59. The summed E-state index contributed by atoms with van der Waals surface area (Å²) in [6, 6.07) is 0. The summed E-state index contributed by atoms with van der Waals surface area (Å²) in [5, 5.41) is 0. The summed E-state index contributed by atoms with van der Waals surface area (Å²) in [5.41, 5.74) is 9.35. The number of rotatable bonds is 2. The predicted molar refractivity (Wildman–Crippen MR) is 61.4 cm³/mol. The minimum atomic E-state index is -0.245. The molecule has 0 saturated carbocycles. The van der Waals surface area contributed by atoms with Gasteiger partial charge >= 0.3 is 0 Å². The summed E-state index contributed by atoms with van der Waals surface area (Å²) in [6.45, 7) is 7.93. The van der Waals surface area contributed by atoms with E-state index in [1.54, 1.807) is 14.0 Å². The molecule has 0 aromatic carbocycles. The molecule has 92 valence electrons. The van der Waals surface area contributed by atoms with Gasteiger partial charge in [-0.3, -0.25) is 4.79 Å². The highest BCUT2D eigenvalue weighted by Crippen LogP contribution is 2.02. The number of nitrogens with two attached hydrogens (primary N) is 2. The second-order valence-electron chi connectivity index (χ2n) is 3.54. The van der Waals surface area contributed by atoms with Crippen molar-refractivity contribution in [3.8, 4) is 0 Å². The normalized spacial score (nSPS) is 8.93. The van der Waals surface area contributed by atoms with Crippen LogP contribution >= 0.6 is 0 Å². The number of hydrogen-bond acceptors (Lipinski definition) is 4. The Bertz CT molecular complexity index is 153. The first-order valence-corrected chi connectivity index (χ1v) is 4.72. The van der Waals surface area contributed by atoms with Crippen LogP contribution in [-0.2, 0) is 14.3 Å². The van der Waals surface area contributed by atoms with E-state index in [9.17, 15) is 4.79 Å². The largest absolute Gasteiger partial charge is 0.379 e. The average molecular weight is 220 g/mol.